The molecular weight excluding hydrogens is 422 g/mol. The van der Waals surface area contributed by atoms with Crippen molar-refractivity contribution in [2.75, 3.05) is 17.8 Å². The van der Waals surface area contributed by atoms with Crippen LogP contribution in [0, 0.1) is 11.8 Å². The summed E-state index contributed by atoms with van der Waals surface area (Å²) in [5.41, 5.74) is 1.14. The van der Waals surface area contributed by atoms with E-state index >= 15 is 0 Å². The number of nitrogens with zero attached hydrogens (tertiary/aromatic N) is 1. The minimum absolute atomic E-state index is 0.208. The van der Waals surface area contributed by atoms with Gasteiger partial charge in [-0.15, -0.1) is 21.1 Å². The van der Waals surface area contributed by atoms with E-state index in [0.29, 0.717) is 21.6 Å². The van der Waals surface area contributed by atoms with Gasteiger partial charge in [-0.1, -0.05) is 50.2 Å². The van der Waals surface area contributed by atoms with Crippen LogP contribution in [0.1, 0.15) is 58.9 Å². The first-order valence-corrected chi connectivity index (χ1v) is 12.7. The summed E-state index contributed by atoms with van der Waals surface area (Å²) in [4.78, 5) is 25.4. The van der Waals surface area contributed by atoms with Crippen molar-refractivity contribution < 1.29 is 22.3 Å². The van der Waals surface area contributed by atoms with E-state index in [2.05, 4.69) is 23.0 Å². The summed E-state index contributed by atoms with van der Waals surface area (Å²) in [6.45, 7) is 2.19. The lowest BCUT2D eigenvalue weighted by Crippen LogP contribution is -2.41. The van der Waals surface area contributed by atoms with Gasteiger partial charge >= 0.3 is 0 Å². The molecule has 0 aromatic heterocycles. The van der Waals surface area contributed by atoms with Crippen LogP contribution >= 0.6 is 11.8 Å². The van der Waals surface area contributed by atoms with Crippen LogP contribution in [0.2, 0.25) is 0 Å². The number of rotatable bonds is 8. The highest BCUT2D eigenvalue weighted by atomic mass is 32.2. The number of carbonyl (C=O) groups is 2. The van der Waals surface area contributed by atoms with E-state index in [1.54, 1.807) is 42.1 Å². The van der Waals surface area contributed by atoms with Gasteiger partial charge < -0.3 is 0 Å². The molecule has 0 aliphatic carbocycles. The Kier molecular flexibility index (Phi) is 7.19. The molecule has 30 heavy (non-hydrogen) atoms. The maximum absolute atomic E-state index is 12.7. The van der Waals surface area contributed by atoms with E-state index < -0.39 is 21.9 Å². The Balaban J connectivity index is 1.85. The lowest BCUT2D eigenvalue weighted by atomic mass is 9.92. The topological polar surface area (TPSA) is 80.8 Å². The molecule has 2 aromatic carbocycles. The molecule has 0 N–H and O–H groups in total. The first kappa shape index (κ1) is 22.3. The molecule has 0 atom stereocenters. The standard InChI is InChI=1S/C22H23NO5S2/c1-3-4-5-6-14-29-15-8-9-16-12-13-19-20-17(16)10-7-11-18(20)21(24)23(22(19)25)28-30(2,26)27/h7,10-13H,3-6,14-15H2,1-2H3. The Labute approximate surface area is 181 Å². The lowest BCUT2D eigenvalue weighted by molar-refractivity contribution is -0.0149. The van der Waals surface area contributed by atoms with Crippen LogP contribution in [0.3, 0.4) is 0 Å². The second kappa shape index (κ2) is 9.65. The van der Waals surface area contributed by atoms with Gasteiger partial charge in [-0.2, -0.15) is 8.42 Å². The molecule has 0 spiro atoms. The maximum Gasteiger partial charge on any atom is 0.286 e. The van der Waals surface area contributed by atoms with E-state index in [1.807, 2.05) is 0 Å². The van der Waals surface area contributed by atoms with Gasteiger partial charge in [-0.05, 0) is 35.8 Å². The summed E-state index contributed by atoms with van der Waals surface area (Å²) >= 11 is 1.79. The van der Waals surface area contributed by atoms with Gasteiger partial charge in [0.2, 0.25) is 0 Å². The third-order valence-electron chi connectivity index (χ3n) is 4.62. The molecule has 0 unspecified atom stereocenters. The summed E-state index contributed by atoms with van der Waals surface area (Å²) < 4.78 is 27.5. The average Bonchev–Trinajstić information content (AvgIpc) is 2.71. The number of hydroxylamine groups is 2. The van der Waals surface area contributed by atoms with Gasteiger partial charge in [0, 0.05) is 10.9 Å². The molecule has 0 fully saturated rings. The summed E-state index contributed by atoms with van der Waals surface area (Å²) in [6.07, 6.45) is 5.70. The van der Waals surface area contributed by atoms with E-state index in [4.69, 9.17) is 0 Å². The fourth-order valence-electron chi connectivity index (χ4n) is 3.27. The molecule has 2 amide bonds. The molecule has 8 heteroatoms. The van der Waals surface area contributed by atoms with Crippen molar-refractivity contribution in [2.45, 2.75) is 32.6 Å². The average molecular weight is 446 g/mol. The molecule has 0 saturated carbocycles. The number of unbranched alkanes of at least 4 members (excludes halogenated alkanes) is 3. The molecule has 0 saturated heterocycles. The zero-order valence-corrected chi connectivity index (χ0v) is 18.6. The monoisotopic (exact) mass is 445 g/mol. The Morgan fingerprint density at radius 1 is 1.03 bits per heavy atom. The highest BCUT2D eigenvalue weighted by Crippen LogP contribution is 2.32. The highest BCUT2D eigenvalue weighted by Gasteiger charge is 2.36. The molecule has 1 aliphatic rings. The fraction of sp³-hybridized carbons (Fsp3) is 0.364. The molecule has 6 nitrogen and oxygen atoms in total. The first-order valence-electron chi connectivity index (χ1n) is 9.74. The normalized spacial score (nSPS) is 13.5. The van der Waals surface area contributed by atoms with Gasteiger partial charge in [-0.3, -0.25) is 9.59 Å². The number of thioether (sulfide) groups is 1. The van der Waals surface area contributed by atoms with E-state index in [0.717, 1.165) is 17.6 Å². The Bertz CT molecular complexity index is 1120. The molecule has 1 aliphatic heterocycles. The largest absolute Gasteiger partial charge is 0.286 e. The number of hydrogen-bond donors (Lipinski definition) is 0. The van der Waals surface area contributed by atoms with Gasteiger partial charge in [0.15, 0.2) is 0 Å². The predicted octanol–water partition coefficient (Wildman–Crippen LogP) is 3.99. The third kappa shape index (κ3) is 5.04. The van der Waals surface area contributed by atoms with Gasteiger partial charge in [0.25, 0.3) is 21.9 Å². The third-order valence-corrected chi connectivity index (χ3v) is 5.97. The molecular formula is C22H23NO5S2. The summed E-state index contributed by atoms with van der Waals surface area (Å²) in [5, 5.41) is 1.46. The highest BCUT2D eigenvalue weighted by molar-refractivity contribution is 7.99. The van der Waals surface area contributed by atoms with Crippen molar-refractivity contribution in [3.63, 3.8) is 0 Å². The summed E-state index contributed by atoms with van der Waals surface area (Å²) in [7, 11) is -4.03. The molecule has 2 aromatic rings. The Morgan fingerprint density at radius 3 is 2.47 bits per heavy atom. The number of amides is 2. The van der Waals surface area contributed by atoms with Crippen molar-refractivity contribution in [3.8, 4) is 11.8 Å². The van der Waals surface area contributed by atoms with Crippen molar-refractivity contribution >= 4 is 44.5 Å². The number of imide groups is 1. The fourth-order valence-corrected chi connectivity index (χ4v) is 4.40. The zero-order chi connectivity index (χ0) is 21.7. The van der Waals surface area contributed by atoms with Crippen LogP contribution in [0.25, 0.3) is 10.8 Å². The minimum atomic E-state index is -4.03. The van der Waals surface area contributed by atoms with Crippen LogP contribution in [0.5, 0.6) is 0 Å². The van der Waals surface area contributed by atoms with Crippen LogP contribution in [0.4, 0.5) is 0 Å². The van der Waals surface area contributed by atoms with Crippen molar-refractivity contribution in [3.05, 3.63) is 47.0 Å². The smallest absolute Gasteiger partial charge is 0.266 e. The maximum atomic E-state index is 12.7. The van der Waals surface area contributed by atoms with Crippen LogP contribution in [0.15, 0.2) is 30.3 Å². The molecule has 1 heterocycles. The first-order chi connectivity index (χ1) is 14.3. The number of hydrogen-bond acceptors (Lipinski definition) is 6. The van der Waals surface area contributed by atoms with E-state index in [9.17, 15) is 18.0 Å². The second-order valence-electron chi connectivity index (χ2n) is 6.99. The number of carbonyl (C=O) groups excluding carboxylic acids is 2. The lowest BCUT2D eigenvalue weighted by Gasteiger charge is -2.25. The minimum Gasteiger partial charge on any atom is -0.266 e. The van der Waals surface area contributed by atoms with Crippen LogP contribution < -0.4 is 0 Å². The van der Waals surface area contributed by atoms with Crippen LogP contribution in [-0.2, 0) is 14.4 Å². The number of benzene rings is 2. The Hall–Kier alpha value is -2.34. The predicted molar refractivity (Wildman–Crippen MR) is 119 cm³/mol. The molecule has 0 bridgehead atoms. The zero-order valence-electron chi connectivity index (χ0n) is 16.9. The molecule has 0 radical (unpaired) electrons. The van der Waals surface area contributed by atoms with Gasteiger partial charge in [0.1, 0.15) is 0 Å². The van der Waals surface area contributed by atoms with Crippen LogP contribution in [-0.4, -0.2) is 43.1 Å². The molecule has 158 valence electrons. The summed E-state index contributed by atoms with van der Waals surface area (Å²) in [6, 6.07) is 8.30. The molecule has 3 rings (SSSR count). The van der Waals surface area contributed by atoms with E-state index in [1.165, 1.54) is 25.7 Å². The second-order valence-corrected chi connectivity index (χ2v) is 9.65. The van der Waals surface area contributed by atoms with Crippen molar-refractivity contribution in [1.29, 1.82) is 0 Å². The Morgan fingerprint density at radius 2 is 1.77 bits per heavy atom. The quantitative estimate of drug-likeness (QED) is 0.347. The van der Waals surface area contributed by atoms with Gasteiger partial charge in [-0.25, -0.2) is 0 Å². The van der Waals surface area contributed by atoms with Gasteiger partial charge in [0.05, 0.1) is 23.1 Å². The summed E-state index contributed by atoms with van der Waals surface area (Å²) in [5.74, 6) is 6.46. The van der Waals surface area contributed by atoms with Crippen molar-refractivity contribution in [2.24, 2.45) is 0 Å². The van der Waals surface area contributed by atoms with E-state index in [-0.39, 0.29) is 11.1 Å². The SMILES string of the molecule is CCCCCCSCC#Cc1ccc2c3c(cccc13)C(=O)N(OS(C)(=O)=O)C2=O. The van der Waals surface area contributed by atoms with Crippen molar-refractivity contribution in [1.82, 2.24) is 5.06 Å².